The Kier molecular flexibility index (Phi) is 4.41. The van der Waals surface area contributed by atoms with Crippen molar-refractivity contribution in [3.05, 3.63) is 77.4 Å². The second kappa shape index (κ2) is 6.47. The van der Waals surface area contributed by atoms with Crippen molar-refractivity contribution in [2.24, 2.45) is 0 Å². The minimum absolute atomic E-state index is 0.0751. The molecular formula is C20H23NO. The van der Waals surface area contributed by atoms with E-state index in [0.29, 0.717) is 0 Å². The predicted molar refractivity (Wildman–Crippen MR) is 91.7 cm³/mol. The number of benzene rings is 2. The highest BCUT2D eigenvalue weighted by Gasteiger charge is 2.43. The summed E-state index contributed by atoms with van der Waals surface area (Å²) in [5, 5.41) is 9.84. The Bertz CT molecular complexity index is 627. The van der Waals surface area contributed by atoms with Crippen LogP contribution in [0.25, 0.3) is 6.08 Å². The van der Waals surface area contributed by atoms with Gasteiger partial charge in [-0.25, -0.2) is 0 Å². The Hall–Kier alpha value is -1.90. The summed E-state index contributed by atoms with van der Waals surface area (Å²) in [6.45, 7) is 5.20. The molecule has 0 amide bonds. The quantitative estimate of drug-likeness (QED) is 0.914. The normalized spacial score (nSPS) is 18.0. The first-order valence-electron chi connectivity index (χ1n) is 7.83. The van der Waals surface area contributed by atoms with Crippen LogP contribution in [0.3, 0.4) is 0 Å². The molecule has 1 aliphatic rings. The van der Waals surface area contributed by atoms with Crippen LogP contribution in [0.15, 0.2) is 66.2 Å². The highest BCUT2D eigenvalue weighted by atomic mass is 16.3. The summed E-state index contributed by atoms with van der Waals surface area (Å²) in [5.41, 5.74) is 3.77. The van der Waals surface area contributed by atoms with Gasteiger partial charge in [-0.05, 0) is 18.1 Å². The summed E-state index contributed by atoms with van der Waals surface area (Å²) in [6, 6.07) is 20.8. The van der Waals surface area contributed by atoms with E-state index < -0.39 is 0 Å². The number of nitrogens with zero attached hydrogens (tertiary/aromatic N) is 1. The number of rotatable bonds is 5. The lowest BCUT2D eigenvalue weighted by Crippen LogP contribution is -2.61. The summed E-state index contributed by atoms with van der Waals surface area (Å²) < 4.78 is 0. The van der Waals surface area contributed by atoms with Crippen molar-refractivity contribution in [1.29, 1.82) is 0 Å². The molecule has 0 atom stereocenters. The molecule has 0 unspecified atom stereocenters. The monoisotopic (exact) mass is 293 g/mol. The molecule has 114 valence electrons. The van der Waals surface area contributed by atoms with Crippen LogP contribution < -0.4 is 0 Å². The van der Waals surface area contributed by atoms with Crippen LogP contribution >= 0.6 is 0 Å². The maximum Gasteiger partial charge on any atom is 0.0552 e. The zero-order valence-corrected chi connectivity index (χ0v) is 13.1. The lowest BCUT2D eigenvalue weighted by Gasteiger charge is -2.50. The third-order valence-corrected chi connectivity index (χ3v) is 4.43. The fraction of sp³-hybridized carbons (Fsp3) is 0.300. The smallest absolute Gasteiger partial charge is 0.0552 e. The first kappa shape index (κ1) is 15.0. The topological polar surface area (TPSA) is 23.5 Å². The molecule has 2 heteroatoms. The van der Waals surface area contributed by atoms with Crippen molar-refractivity contribution >= 4 is 6.08 Å². The van der Waals surface area contributed by atoms with E-state index in [9.17, 15) is 5.11 Å². The number of aliphatic hydroxyl groups is 1. The average molecular weight is 293 g/mol. The zero-order valence-electron chi connectivity index (χ0n) is 13.1. The number of likely N-dealkylation sites (tertiary alicyclic amines) is 1. The van der Waals surface area contributed by atoms with Crippen LogP contribution in [0, 0.1) is 0 Å². The van der Waals surface area contributed by atoms with Gasteiger partial charge in [0.25, 0.3) is 0 Å². The Labute approximate surface area is 132 Å². The molecule has 1 aliphatic heterocycles. The van der Waals surface area contributed by atoms with Gasteiger partial charge in [-0.1, -0.05) is 72.3 Å². The summed E-state index contributed by atoms with van der Waals surface area (Å²) in [6.07, 6.45) is 2.24. The van der Waals surface area contributed by atoms with Crippen molar-refractivity contribution < 1.29 is 5.11 Å². The van der Waals surface area contributed by atoms with Crippen molar-refractivity contribution in [2.75, 3.05) is 26.2 Å². The molecule has 1 heterocycles. The van der Waals surface area contributed by atoms with Crippen LogP contribution in [-0.2, 0) is 5.41 Å². The average Bonchev–Trinajstić information content (AvgIpc) is 2.52. The highest BCUT2D eigenvalue weighted by molar-refractivity contribution is 5.52. The maximum atomic E-state index is 9.84. The third-order valence-electron chi connectivity index (χ3n) is 4.43. The third kappa shape index (κ3) is 3.13. The summed E-state index contributed by atoms with van der Waals surface area (Å²) in [4.78, 5) is 2.40. The molecule has 0 radical (unpaired) electrons. The molecule has 0 bridgehead atoms. The minimum atomic E-state index is -0.0751. The fourth-order valence-corrected chi connectivity index (χ4v) is 3.32. The van der Waals surface area contributed by atoms with E-state index in [4.69, 9.17) is 0 Å². The van der Waals surface area contributed by atoms with Gasteiger partial charge in [0.15, 0.2) is 0 Å². The van der Waals surface area contributed by atoms with Crippen LogP contribution in [-0.4, -0.2) is 36.2 Å². The number of hydrogen-bond acceptors (Lipinski definition) is 2. The molecule has 22 heavy (non-hydrogen) atoms. The fourth-order valence-electron chi connectivity index (χ4n) is 3.32. The van der Waals surface area contributed by atoms with Gasteiger partial charge < -0.3 is 5.11 Å². The molecule has 0 spiro atoms. The number of hydrogen-bond donors (Lipinski definition) is 1. The van der Waals surface area contributed by atoms with Gasteiger partial charge in [-0.15, -0.1) is 0 Å². The summed E-state index contributed by atoms with van der Waals surface area (Å²) in [7, 11) is 0. The van der Waals surface area contributed by atoms with E-state index >= 15 is 0 Å². The van der Waals surface area contributed by atoms with Gasteiger partial charge in [0.05, 0.1) is 6.61 Å². The standard InChI is InChI=1S/C20H23NO/c1-17(12-18-8-4-2-5-9-18)13-21-14-20(15-21,16-22)19-10-6-3-7-11-19/h2-12,22H,13-16H2,1H3. The van der Waals surface area contributed by atoms with Crippen molar-refractivity contribution in [3.8, 4) is 0 Å². The van der Waals surface area contributed by atoms with E-state index in [2.05, 4.69) is 66.4 Å². The van der Waals surface area contributed by atoms with E-state index in [1.807, 2.05) is 12.1 Å². The molecule has 0 aromatic heterocycles. The first-order valence-corrected chi connectivity index (χ1v) is 7.83. The molecular weight excluding hydrogens is 270 g/mol. The number of aliphatic hydroxyl groups excluding tert-OH is 1. The van der Waals surface area contributed by atoms with E-state index in [-0.39, 0.29) is 12.0 Å². The van der Waals surface area contributed by atoms with Crippen LogP contribution in [0.2, 0.25) is 0 Å². The molecule has 0 aliphatic carbocycles. The molecule has 1 N–H and O–H groups in total. The Morgan fingerprint density at radius 2 is 1.64 bits per heavy atom. The molecule has 2 aromatic carbocycles. The van der Waals surface area contributed by atoms with Crippen LogP contribution in [0.4, 0.5) is 0 Å². The van der Waals surface area contributed by atoms with E-state index in [1.165, 1.54) is 16.7 Å². The van der Waals surface area contributed by atoms with Gasteiger partial charge >= 0.3 is 0 Å². The highest BCUT2D eigenvalue weighted by Crippen LogP contribution is 2.34. The molecule has 2 aromatic rings. The minimum Gasteiger partial charge on any atom is -0.395 e. The van der Waals surface area contributed by atoms with Gasteiger partial charge in [-0.3, -0.25) is 4.90 Å². The lowest BCUT2D eigenvalue weighted by atomic mass is 9.74. The van der Waals surface area contributed by atoms with Crippen molar-refractivity contribution in [2.45, 2.75) is 12.3 Å². The van der Waals surface area contributed by atoms with Crippen LogP contribution in [0.5, 0.6) is 0 Å². The van der Waals surface area contributed by atoms with E-state index in [1.54, 1.807) is 0 Å². The molecule has 1 saturated heterocycles. The van der Waals surface area contributed by atoms with Crippen LogP contribution in [0.1, 0.15) is 18.1 Å². The molecule has 1 fully saturated rings. The predicted octanol–water partition coefficient (Wildman–Crippen LogP) is 3.34. The zero-order chi connectivity index (χ0) is 15.4. The largest absolute Gasteiger partial charge is 0.395 e. The summed E-state index contributed by atoms with van der Waals surface area (Å²) in [5.74, 6) is 0. The van der Waals surface area contributed by atoms with Gasteiger partial charge in [0, 0.05) is 25.0 Å². The van der Waals surface area contributed by atoms with E-state index in [0.717, 1.165) is 19.6 Å². The Balaban J connectivity index is 1.62. The second-order valence-corrected chi connectivity index (χ2v) is 6.35. The molecule has 2 nitrogen and oxygen atoms in total. The van der Waals surface area contributed by atoms with Gasteiger partial charge in [0.1, 0.15) is 0 Å². The van der Waals surface area contributed by atoms with Crippen molar-refractivity contribution in [1.82, 2.24) is 4.90 Å². The SMILES string of the molecule is CC(=Cc1ccccc1)CN1CC(CO)(c2ccccc2)C1. The lowest BCUT2D eigenvalue weighted by molar-refractivity contribution is 0.0265. The van der Waals surface area contributed by atoms with Crippen molar-refractivity contribution in [3.63, 3.8) is 0 Å². The molecule has 3 rings (SSSR count). The Morgan fingerprint density at radius 1 is 1.05 bits per heavy atom. The maximum absolute atomic E-state index is 9.84. The van der Waals surface area contributed by atoms with Gasteiger partial charge in [-0.2, -0.15) is 0 Å². The summed E-state index contributed by atoms with van der Waals surface area (Å²) >= 11 is 0. The Morgan fingerprint density at radius 3 is 2.23 bits per heavy atom. The second-order valence-electron chi connectivity index (χ2n) is 6.35. The first-order chi connectivity index (χ1) is 10.7. The van der Waals surface area contributed by atoms with Gasteiger partial charge in [0.2, 0.25) is 0 Å². The molecule has 0 saturated carbocycles.